The number of hydrogen-bond acceptors (Lipinski definition) is 11. The molecule has 178 valence electrons. The van der Waals surface area contributed by atoms with Crippen LogP contribution in [0.3, 0.4) is 0 Å². The summed E-state index contributed by atoms with van der Waals surface area (Å²) in [5.41, 5.74) is 0.308. The third kappa shape index (κ3) is 6.66. The number of hydrogen-bond donors (Lipinski definition) is 0. The second kappa shape index (κ2) is 11.4. The summed E-state index contributed by atoms with van der Waals surface area (Å²) >= 11 is 6.56. The van der Waals surface area contributed by atoms with Gasteiger partial charge >= 0.3 is 23.9 Å². The van der Waals surface area contributed by atoms with Crippen LogP contribution in [0.25, 0.3) is 0 Å². The average molecular weight is 593 g/mol. The maximum absolute atomic E-state index is 12.4. The van der Waals surface area contributed by atoms with Crippen molar-refractivity contribution in [1.29, 1.82) is 5.26 Å². The fourth-order valence-corrected chi connectivity index (χ4v) is 4.40. The predicted molar refractivity (Wildman–Crippen MR) is 115 cm³/mol. The highest BCUT2D eigenvalue weighted by Crippen LogP contribution is 2.38. The van der Waals surface area contributed by atoms with E-state index in [-0.39, 0.29) is 5.75 Å². The summed E-state index contributed by atoms with van der Waals surface area (Å²) in [6.07, 6.45) is -7.54. The Kier molecular flexibility index (Phi) is 9.21. The van der Waals surface area contributed by atoms with Gasteiger partial charge in [0.25, 0.3) is 0 Å². The van der Waals surface area contributed by atoms with Crippen LogP contribution in [0.1, 0.15) is 26.3 Å². The molecule has 1 aromatic rings. The Hall–Kier alpha value is -2.69. The number of halogens is 2. The van der Waals surface area contributed by atoms with Gasteiger partial charge in [-0.05, 0) is 44.0 Å². The second-order valence-electron chi connectivity index (χ2n) is 6.67. The van der Waals surface area contributed by atoms with E-state index in [9.17, 15) is 19.2 Å². The molecule has 5 unspecified atom stereocenters. The first-order valence-corrected chi connectivity index (χ1v) is 10.9. The summed E-state index contributed by atoms with van der Waals surface area (Å²) in [6.45, 7) is 3.26. The molecule has 1 aliphatic rings. The zero-order chi connectivity index (χ0) is 24.9. The lowest BCUT2D eigenvalue weighted by molar-refractivity contribution is -0.282. The Labute approximate surface area is 205 Å². The number of benzene rings is 1. The molecule has 0 radical (unpaired) electrons. The van der Waals surface area contributed by atoms with Crippen LogP contribution in [-0.4, -0.2) is 61.7 Å². The van der Waals surface area contributed by atoms with Crippen molar-refractivity contribution in [1.82, 2.24) is 0 Å². The summed E-state index contributed by atoms with van der Waals surface area (Å²) in [5.74, 6) is -3.23. The van der Waals surface area contributed by atoms with Crippen LogP contribution in [0.2, 0.25) is 0 Å². The van der Waals surface area contributed by atoms with E-state index in [1.54, 1.807) is 0 Å². The molecule has 0 amide bonds. The van der Waals surface area contributed by atoms with E-state index in [1.807, 2.05) is 6.07 Å². The number of ether oxygens (including phenoxy) is 6. The molecule has 2 rings (SSSR count). The van der Waals surface area contributed by atoms with Crippen molar-refractivity contribution in [3.05, 3.63) is 26.6 Å². The molecule has 11 nitrogen and oxygen atoms in total. The largest absolute Gasteiger partial charge is 0.467 e. The van der Waals surface area contributed by atoms with Crippen molar-refractivity contribution < 1.29 is 47.6 Å². The molecular formula is C20H19Br2NO10. The minimum absolute atomic E-state index is 0.132. The van der Waals surface area contributed by atoms with Gasteiger partial charge in [-0.15, -0.1) is 0 Å². The van der Waals surface area contributed by atoms with Gasteiger partial charge < -0.3 is 28.4 Å². The molecule has 13 heteroatoms. The van der Waals surface area contributed by atoms with Crippen molar-refractivity contribution >= 4 is 55.7 Å². The summed E-state index contributed by atoms with van der Waals surface area (Å²) in [6, 6.07) is 4.90. The van der Waals surface area contributed by atoms with Crippen molar-refractivity contribution in [2.45, 2.75) is 51.5 Å². The molecule has 1 aromatic carbocycles. The first-order valence-electron chi connectivity index (χ1n) is 9.29. The van der Waals surface area contributed by atoms with Gasteiger partial charge in [-0.1, -0.05) is 0 Å². The Morgan fingerprint density at radius 1 is 0.909 bits per heavy atom. The summed E-state index contributed by atoms with van der Waals surface area (Å²) in [4.78, 5) is 47.8. The zero-order valence-electron chi connectivity index (χ0n) is 17.8. The average Bonchev–Trinajstić information content (AvgIpc) is 2.72. The highest BCUT2D eigenvalue weighted by atomic mass is 79.9. The monoisotopic (exact) mass is 591 g/mol. The van der Waals surface area contributed by atoms with E-state index < -0.39 is 54.6 Å². The first kappa shape index (κ1) is 26.6. The van der Waals surface area contributed by atoms with Crippen LogP contribution in [0.15, 0.2) is 21.1 Å². The lowest BCUT2D eigenvalue weighted by Crippen LogP contribution is -2.64. The molecule has 0 saturated carbocycles. The van der Waals surface area contributed by atoms with Crippen LogP contribution >= 0.6 is 31.9 Å². The van der Waals surface area contributed by atoms with Crippen LogP contribution < -0.4 is 4.74 Å². The molecule has 0 N–H and O–H groups in total. The molecule has 1 aliphatic heterocycles. The van der Waals surface area contributed by atoms with Gasteiger partial charge in [0.1, 0.15) is 0 Å². The topological polar surface area (TPSA) is 147 Å². The predicted octanol–water partition coefficient (Wildman–Crippen LogP) is 2.16. The summed E-state index contributed by atoms with van der Waals surface area (Å²) in [7, 11) is 1.08. The second-order valence-corrected chi connectivity index (χ2v) is 8.38. The minimum atomic E-state index is -1.59. The van der Waals surface area contributed by atoms with Crippen LogP contribution in [0.5, 0.6) is 5.75 Å². The maximum Gasteiger partial charge on any atom is 0.339 e. The van der Waals surface area contributed by atoms with E-state index in [1.165, 1.54) is 12.1 Å². The molecule has 0 bridgehead atoms. The Balaban J connectivity index is 2.58. The third-order valence-corrected chi connectivity index (χ3v) is 5.37. The highest BCUT2D eigenvalue weighted by Gasteiger charge is 2.56. The molecule has 0 spiro atoms. The fourth-order valence-electron chi connectivity index (χ4n) is 3.03. The molecule has 1 fully saturated rings. The number of methoxy groups -OCH3 is 1. The van der Waals surface area contributed by atoms with Gasteiger partial charge in [-0.2, -0.15) is 5.26 Å². The molecule has 0 aliphatic carbocycles. The van der Waals surface area contributed by atoms with Crippen molar-refractivity contribution in [3.8, 4) is 11.8 Å². The van der Waals surface area contributed by atoms with Gasteiger partial charge in [0, 0.05) is 20.8 Å². The highest BCUT2D eigenvalue weighted by molar-refractivity contribution is 9.11. The van der Waals surface area contributed by atoms with Crippen LogP contribution in [0.4, 0.5) is 0 Å². The lowest BCUT2D eigenvalue weighted by atomic mass is 9.97. The summed E-state index contributed by atoms with van der Waals surface area (Å²) in [5, 5.41) is 9.13. The van der Waals surface area contributed by atoms with Crippen LogP contribution in [-0.2, 0) is 42.9 Å². The van der Waals surface area contributed by atoms with Gasteiger partial charge in [0.15, 0.2) is 24.1 Å². The number of esters is 4. The van der Waals surface area contributed by atoms with Gasteiger partial charge in [0.2, 0.25) is 12.4 Å². The molecule has 5 atom stereocenters. The van der Waals surface area contributed by atoms with E-state index in [0.29, 0.717) is 14.5 Å². The smallest absolute Gasteiger partial charge is 0.339 e. The standard InChI is InChI=1S/C20H19Br2NO10/c1-8(24)29-15-16(30-9(2)25)18(31-10(3)26)20(33-17(15)19(27)28-4)32-14-12(21)5-11(7-23)6-13(14)22/h5-6,15-18,20H,1-4H3. The number of carbonyl (C=O) groups excluding carboxylic acids is 4. The molecule has 0 aromatic heterocycles. The quantitative estimate of drug-likeness (QED) is 0.353. The lowest BCUT2D eigenvalue weighted by Gasteiger charge is -2.43. The number of carbonyl (C=O) groups is 4. The van der Waals surface area contributed by atoms with Crippen LogP contribution in [0, 0.1) is 11.3 Å². The minimum Gasteiger partial charge on any atom is -0.467 e. The normalized spacial score (nSPS) is 24.1. The van der Waals surface area contributed by atoms with E-state index >= 15 is 0 Å². The molecule has 33 heavy (non-hydrogen) atoms. The van der Waals surface area contributed by atoms with Gasteiger partial charge in [-0.3, -0.25) is 14.4 Å². The Morgan fingerprint density at radius 2 is 1.39 bits per heavy atom. The number of rotatable bonds is 6. The van der Waals surface area contributed by atoms with E-state index in [0.717, 1.165) is 27.9 Å². The first-order chi connectivity index (χ1) is 15.5. The SMILES string of the molecule is COC(=O)C1OC(Oc2c(Br)cc(C#N)cc2Br)C(OC(C)=O)C(OC(C)=O)C1OC(C)=O. The fraction of sp³-hybridized carbons (Fsp3) is 0.450. The molecular weight excluding hydrogens is 574 g/mol. The van der Waals surface area contributed by atoms with Gasteiger partial charge in [-0.25, -0.2) is 4.79 Å². The van der Waals surface area contributed by atoms with E-state index in [4.69, 9.17) is 33.7 Å². The summed E-state index contributed by atoms with van der Waals surface area (Å²) < 4.78 is 32.7. The zero-order valence-corrected chi connectivity index (χ0v) is 21.0. The maximum atomic E-state index is 12.4. The number of nitrogens with zero attached hydrogens (tertiary/aromatic N) is 1. The van der Waals surface area contributed by atoms with E-state index in [2.05, 4.69) is 31.9 Å². The Morgan fingerprint density at radius 3 is 1.85 bits per heavy atom. The molecule has 1 saturated heterocycles. The number of nitriles is 1. The molecule has 1 heterocycles. The third-order valence-electron chi connectivity index (χ3n) is 4.20. The van der Waals surface area contributed by atoms with Crippen molar-refractivity contribution in [2.24, 2.45) is 0 Å². The van der Waals surface area contributed by atoms with Gasteiger partial charge in [0.05, 0.1) is 27.7 Å². The van der Waals surface area contributed by atoms with Crippen molar-refractivity contribution in [2.75, 3.05) is 7.11 Å². The van der Waals surface area contributed by atoms with Crippen molar-refractivity contribution in [3.63, 3.8) is 0 Å². The Bertz CT molecular complexity index is 969.